The summed E-state index contributed by atoms with van der Waals surface area (Å²) < 4.78 is 0. The van der Waals surface area contributed by atoms with Crippen molar-refractivity contribution >= 4 is 5.91 Å². The van der Waals surface area contributed by atoms with Crippen molar-refractivity contribution in [3.05, 3.63) is 0 Å². The summed E-state index contributed by atoms with van der Waals surface area (Å²) in [5, 5.41) is 10.7. The Bertz CT molecular complexity index is 136. The van der Waals surface area contributed by atoms with E-state index < -0.39 is 5.72 Å². The van der Waals surface area contributed by atoms with Crippen LogP contribution < -0.4 is 5.32 Å². The van der Waals surface area contributed by atoms with E-state index in [1.807, 2.05) is 0 Å². The average Bonchev–Trinajstić information content (AvgIpc) is 2.13. The molecule has 0 bridgehead atoms. The number of rotatable bonds is 1. The number of carbonyl (C=O) groups is 1. The van der Waals surface area contributed by atoms with Gasteiger partial charge in [0.05, 0.1) is 0 Å². The Hall–Kier alpha value is -0.610. The van der Waals surface area contributed by atoms with E-state index in [9.17, 15) is 4.79 Å². The normalized spacial score (nSPS) is 34.7. The molecule has 4 nitrogen and oxygen atoms in total. The SMILES string of the molecule is CC1(OO)CCC(=O)N1. The molecule has 0 aromatic carbocycles. The molecule has 0 spiro atoms. The Morgan fingerprint density at radius 2 is 2.56 bits per heavy atom. The minimum absolute atomic E-state index is 0.0773. The predicted molar refractivity (Wildman–Crippen MR) is 29.5 cm³/mol. The van der Waals surface area contributed by atoms with Gasteiger partial charge in [-0.25, -0.2) is 10.1 Å². The number of hydrogen-bond acceptors (Lipinski definition) is 3. The maximum Gasteiger partial charge on any atom is 0.222 e. The van der Waals surface area contributed by atoms with Gasteiger partial charge in [0.1, 0.15) is 0 Å². The highest BCUT2D eigenvalue weighted by Crippen LogP contribution is 2.18. The van der Waals surface area contributed by atoms with E-state index in [-0.39, 0.29) is 5.91 Å². The molecule has 1 unspecified atom stereocenters. The van der Waals surface area contributed by atoms with Crippen molar-refractivity contribution in [1.82, 2.24) is 5.32 Å². The Morgan fingerprint density at radius 3 is 2.78 bits per heavy atom. The topological polar surface area (TPSA) is 58.6 Å². The van der Waals surface area contributed by atoms with Crippen molar-refractivity contribution in [2.45, 2.75) is 25.5 Å². The van der Waals surface area contributed by atoms with Gasteiger partial charge >= 0.3 is 0 Å². The maximum absolute atomic E-state index is 10.5. The van der Waals surface area contributed by atoms with Crippen molar-refractivity contribution in [3.8, 4) is 0 Å². The summed E-state index contributed by atoms with van der Waals surface area (Å²) in [6.07, 6.45) is 0.958. The molecule has 1 aliphatic rings. The van der Waals surface area contributed by atoms with E-state index >= 15 is 0 Å². The third-order valence-electron chi connectivity index (χ3n) is 1.43. The van der Waals surface area contributed by atoms with Crippen LogP contribution in [0.25, 0.3) is 0 Å². The number of hydrogen-bond donors (Lipinski definition) is 2. The fourth-order valence-electron chi connectivity index (χ4n) is 0.840. The largest absolute Gasteiger partial charge is 0.326 e. The molecular weight excluding hydrogens is 122 g/mol. The van der Waals surface area contributed by atoms with Gasteiger partial charge in [-0.3, -0.25) is 4.79 Å². The third-order valence-corrected chi connectivity index (χ3v) is 1.43. The molecule has 1 atom stereocenters. The van der Waals surface area contributed by atoms with Crippen molar-refractivity contribution in [2.75, 3.05) is 0 Å². The van der Waals surface area contributed by atoms with Crippen LogP contribution in [-0.2, 0) is 9.68 Å². The zero-order chi connectivity index (χ0) is 6.91. The van der Waals surface area contributed by atoms with E-state index in [2.05, 4.69) is 10.2 Å². The van der Waals surface area contributed by atoms with Crippen molar-refractivity contribution in [2.24, 2.45) is 0 Å². The quantitative estimate of drug-likeness (QED) is 0.392. The van der Waals surface area contributed by atoms with Crippen LogP contribution in [0.5, 0.6) is 0 Å². The molecule has 0 aromatic heterocycles. The fraction of sp³-hybridized carbons (Fsp3) is 0.800. The summed E-state index contributed by atoms with van der Waals surface area (Å²) in [6.45, 7) is 1.62. The highest BCUT2D eigenvalue weighted by Gasteiger charge is 2.34. The Morgan fingerprint density at radius 1 is 1.89 bits per heavy atom. The second-order valence-electron chi connectivity index (χ2n) is 2.37. The lowest BCUT2D eigenvalue weighted by Gasteiger charge is -2.17. The number of nitrogens with one attached hydrogen (secondary N) is 1. The van der Waals surface area contributed by atoms with Gasteiger partial charge in [-0.05, 0) is 6.92 Å². The molecule has 1 aliphatic heterocycles. The molecule has 1 heterocycles. The van der Waals surface area contributed by atoms with Gasteiger partial charge in [-0.2, -0.15) is 0 Å². The lowest BCUT2D eigenvalue weighted by molar-refractivity contribution is -0.321. The van der Waals surface area contributed by atoms with Gasteiger partial charge < -0.3 is 5.32 Å². The Kier molecular flexibility index (Phi) is 1.42. The van der Waals surface area contributed by atoms with Gasteiger partial charge in [-0.15, -0.1) is 0 Å². The molecule has 0 aromatic rings. The van der Waals surface area contributed by atoms with Gasteiger partial charge in [-0.1, -0.05) is 0 Å². The molecule has 2 N–H and O–H groups in total. The molecule has 0 saturated carbocycles. The van der Waals surface area contributed by atoms with Crippen LogP contribution in [0.15, 0.2) is 0 Å². The van der Waals surface area contributed by atoms with Gasteiger partial charge in [0.25, 0.3) is 0 Å². The van der Waals surface area contributed by atoms with E-state index in [0.29, 0.717) is 12.8 Å². The van der Waals surface area contributed by atoms with Crippen molar-refractivity contribution < 1.29 is 14.9 Å². The monoisotopic (exact) mass is 131 g/mol. The summed E-state index contributed by atoms with van der Waals surface area (Å²) in [7, 11) is 0. The van der Waals surface area contributed by atoms with Crippen LogP contribution in [0.2, 0.25) is 0 Å². The zero-order valence-corrected chi connectivity index (χ0v) is 5.18. The van der Waals surface area contributed by atoms with Gasteiger partial charge in [0, 0.05) is 12.8 Å². The first kappa shape index (κ1) is 6.51. The first-order valence-corrected chi connectivity index (χ1v) is 2.80. The second kappa shape index (κ2) is 1.97. The van der Waals surface area contributed by atoms with Crippen LogP contribution in [-0.4, -0.2) is 16.9 Å². The van der Waals surface area contributed by atoms with Gasteiger partial charge in [0.15, 0.2) is 5.72 Å². The highest BCUT2D eigenvalue weighted by atomic mass is 17.1. The number of amides is 1. The fourth-order valence-corrected chi connectivity index (χ4v) is 0.840. The van der Waals surface area contributed by atoms with E-state index in [1.54, 1.807) is 6.92 Å². The summed E-state index contributed by atoms with van der Waals surface area (Å²) in [5.74, 6) is -0.0773. The lowest BCUT2D eigenvalue weighted by atomic mass is 10.2. The summed E-state index contributed by atoms with van der Waals surface area (Å²) >= 11 is 0. The van der Waals surface area contributed by atoms with Crippen molar-refractivity contribution in [1.29, 1.82) is 0 Å². The standard InChI is InChI=1S/C5H9NO3/c1-5(9-8)3-2-4(7)6-5/h8H,2-3H2,1H3,(H,6,7). The maximum atomic E-state index is 10.5. The number of carbonyl (C=O) groups excluding carboxylic acids is 1. The summed E-state index contributed by atoms with van der Waals surface area (Å²) in [5.41, 5.74) is -0.836. The van der Waals surface area contributed by atoms with Crippen LogP contribution in [0, 0.1) is 0 Å². The smallest absolute Gasteiger partial charge is 0.222 e. The average molecular weight is 131 g/mol. The molecule has 1 amide bonds. The summed E-state index contributed by atoms with van der Waals surface area (Å²) in [4.78, 5) is 14.6. The van der Waals surface area contributed by atoms with Crippen LogP contribution in [0.3, 0.4) is 0 Å². The molecule has 52 valence electrons. The molecule has 0 aliphatic carbocycles. The predicted octanol–water partition coefficient (Wildman–Crippen LogP) is 0.102. The molecule has 1 rings (SSSR count). The minimum atomic E-state index is -0.836. The van der Waals surface area contributed by atoms with E-state index in [0.717, 1.165) is 0 Å². The van der Waals surface area contributed by atoms with Crippen LogP contribution >= 0.6 is 0 Å². The Labute approximate surface area is 52.7 Å². The van der Waals surface area contributed by atoms with Crippen LogP contribution in [0.4, 0.5) is 0 Å². The molecule has 1 saturated heterocycles. The molecular formula is C5H9NO3. The molecule has 4 heteroatoms. The van der Waals surface area contributed by atoms with Gasteiger partial charge in [0.2, 0.25) is 5.91 Å². The third kappa shape index (κ3) is 1.20. The van der Waals surface area contributed by atoms with E-state index in [1.165, 1.54) is 0 Å². The lowest BCUT2D eigenvalue weighted by Crippen LogP contribution is -2.40. The first-order chi connectivity index (χ1) is 4.16. The van der Waals surface area contributed by atoms with Crippen molar-refractivity contribution in [3.63, 3.8) is 0 Å². The summed E-state index contributed by atoms with van der Waals surface area (Å²) in [6, 6.07) is 0. The van der Waals surface area contributed by atoms with Crippen LogP contribution in [0.1, 0.15) is 19.8 Å². The minimum Gasteiger partial charge on any atom is -0.326 e. The molecule has 9 heavy (non-hydrogen) atoms. The first-order valence-electron chi connectivity index (χ1n) is 2.80. The molecule has 1 fully saturated rings. The Balaban J connectivity index is 2.54. The highest BCUT2D eigenvalue weighted by molar-refractivity contribution is 5.78. The van der Waals surface area contributed by atoms with E-state index in [4.69, 9.17) is 5.26 Å². The molecule has 0 radical (unpaired) electrons. The zero-order valence-electron chi connectivity index (χ0n) is 5.18. The second-order valence-corrected chi connectivity index (χ2v) is 2.37.